The number of hydrogen-bond donors (Lipinski definition) is 1. The largest absolute Gasteiger partial charge is 0.323 e. The molecular formula is C13H14N4S. The molecule has 0 aliphatic heterocycles. The van der Waals surface area contributed by atoms with Crippen molar-refractivity contribution in [2.75, 3.05) is 0 Å². The summed E-state index contributed by atoms with van der Waals surface area (Å²) >= 11 is 1.74. The first-order chi connectivity index (χ1) is 8.66. The monoisotopic (exact) mass is 258 g/mol. The summed E-state index contributed by atoms with van der Waals surface area (Å²) in [6.45, 7) is 3.92. The number of nitrogens with two attached hydrogens (primary N) is 1. The van der Waals surface area contributed by atoms with Crippen molar-refractivity contribution in [2.24, 2.45) is 5.73 Å². The Hall–Kier alpha value is -1.72. The lowest BCUT2D eigenvalue weighted by Crippen LogP contribution is -2.07. The fourth-order valence-corrected chi connectivity index (χ4v) is 2.86. The lowest BCUT2D eigenvalue weighted by molar-refractivity contribution is 0.757. The molecule has 4 nitrogen and oxygen atoms in total. The highest BCUT2D eigenvalue weighted by molar-refractivity contribution is 7.17. The van der Waals surface area contributed by atoms with Gasteiger partial charge in [0.15, 0.2) is 0 Å². The highest BCUT2D eigenvalue weighted by atomic mass is 32.1. The second-order valence-electron chi connectivity index (χ2n) is 4.40. The van der Waals surface area contributed by atoms with Gasteiger partial charge < -0.3 is 5.73 Å². The second-order valence-corrected chi connectivity index (χ2v) is 5.35. The number of nitrogens with zero attached hydrogens (tertiary/aromatic N) is 3. The third kappa shape index (κ3) is 1.72. The van der Waals surface area contributed by atoms with E-state index in [4.69, 9.17) is 5.73 Å². The van der Waals surface area contributed by atoms with E-state index in [9.17, 15) is 0 Å². The van der Waals surface area contributed by atoms with Gasteiger partial charge in [-0.3, -0.25) is 0 Å². The maximum absolute atomic E-state index is 5.87. The van der Waals surface area contributed by atoms with Gasteiger partial charge in [-0.2, -0.15) is 0 Å². The predicted octanol–water partition coefficient (Wildman–Crippen LogP) is 2.81. The zero-order valence-electron chi connectivity index (χ0n) is 10.3. The van der Waals surface area contributed by atoms with Crippen molar-refractivity contribution >= 4 is 21.4 Å². The molecular weight excluding hydrogens is 244 g/mol. The first-order valence-corrected chi connectivity index (χ1v) is 6.70. The molecule has 0 spiro atoms. The minimum atomic E-state index is -0.0939. The number of fused-ring (bicyclic) bond motifs is 1. The summed E-state index contributed by atoms with van der Waals surface area (Å²) in [5.41, 5.74) is 8.74. The first-order valence-electron chi connectivity index (χ1n) is 5.82. The van der Waals surface area contributed by atoms with E-state index >= 15 is 0 Å². The SMILES string of the molecule is Cc1c(C(C)N)nnn1-c1ccc2sccc2c1. The number of aromatic nitrogens is 3. The number of rotatable bonds is 2. The minimum Gasteiger partial charge on any atom is -0.323 e. The molecule has 0 aliphatic rings. The molecule has 0 saturated carbocycles. The van der Waals surface area contributed by atoms with Gasteiger partial charge in [0.2, 0.25) is 0 Å². The van der Waals surface area contributed by atoms with Crippen LogP contribution in [0.2, 0.25) is 0 Å². The van der Waals surface area contributed by atoms with Crippen LogP contribution in [0.1, 0.15) is 24.4 Å². The minimum absolute atomic E-state index is 0.0939. The highest BCUT2D eigenvalue weighted by Gasteiger charge is 2.13. The molecule has 2 aromatic heterocycles. The maximum atomic E-state index is 5.87. The molecule has 0 aliphatic carbocycles. The number of hydrogen-bond acceptors (Lipinski definition) is 4. The van der Waals surface area contributed by atoms with Crippen molar-refractivity contribution in [2.45, 2.75) is 19.9 Å². The number of benzene rings is 1. The summed E-state index contributed by atoms with van der Waals surface area (Å²) in [5, 5.41) is 11.7. The third-order valence-corrected chi connectivity index (χ3v) is 3.94. The molecule has 0 amide bonds. The molecule has 0 saturated heterocycles. The Morgan fingerprint density at radius 3 is 2.89 bits per heavy atom. The van der Waals surface area contributed by atoms with E-state index in [0.29, 0.717) is 0 Å². The Morgan fingerprint density at radius 1 is 1.33 bits per heavy atom. The fourth-order valence-electron chi connectivity index (χ4n) is 2.09. The Morgan fingerprint density at radius 2 is 2.17 bits per heavy atom. The topological polar surface area (TPSA) is 56.7 Å². The van der Waals surface area contributed by atoms with Crippen LogP contribution < -0.4 is 5.73 Å². The van der Waals surface area contributed by atoms with Crippen LogP contribution in [0.25, 0.3) is 15.8 Å². The molecule has 1 atom stereocenters. The average molecular weight is 258 g/mol. The lowest BCUT2D eigenvalue weighted by Gasteiger charge is -2.05. The third-order valence-electron chi connectivity index (χ3n) is 3.04. The Kier molecular flexibility index (Phi) is 2.65. The van der Waals surface area contributed by atoms with Gasteiger partial charge in [-0.15, -0.1) is 16.4 Å². The standard InChI is InChI=1S/C13H14N4S/c1-8(14)13-9(2)17(16-15-13)11-3-4-12-10(7-11)5-6-18-12/h3-8H,14H2,1-2H3. The second kappa shape index (κ2) is 4.19. The summed E-state index contributed by atoms with van der Waals surface area (Å²) < 4.78 is 3.12. The quantitative estimate of drug-likeness (QED) is 0.769. The summed E-state index contributed by atoms with van der Waals surface area (Å²) in [6.07, 6.45) is 0. The summed E-state index contributed by atoms with van der Waals surface area (Å²) in [4.78, 5) is 0. The first kappa shape index (κ1) is 11.4. The van der Waals surface area contributed by atoms with Gasteiger partial charge in [-0.1, -0.05) is 5.21 Å². The van der Waals surface area contributed by atoms with E-state index in [-0.39, 0.29) is 6.04 Å². The molecule has 3 aromatic rings. The van der Waals surface area contributed by atoms with Gasteiger partial charge in [0.25, 0.3) is 0 Å². The molecule has 1 aromatic carbocycles. The van der Waals surface area contributed by atoms with Crippen molar-refractivity contribution < 1.29 is 0 Å². The molecule has 5 heteroatoms. The summed E-state index contributed by atoms with van der Waals surface area (Å²) in [5.74, 6) is 0. The van der Waals surface area contributed by atoms with Crippen LogP contribution in [-0.4, -0.2) is 15.0 Å². The number of thiophene rings is 1. The molecule has 2 heterocycles. The molecule has 1 unspecified atom stereocenters. The molecule has 2 N–H and O–H groups in total. The summed E-state index contributed by atoms with van der Waals surface area (Å²) in [6, 6.07) is 8.32. The van der Waals surface area contributed by atoms with Crippen LogP contribution in [-0.2, 0) is 0 Å². The zero-order valence-corrected chi connectivity index (χ0v) is 11.1. The van der Waals surface area contributed by atoms with Crippen LogP contribution in [0.3, 0.4) is 0 Å². The van der Waals surface area contributed by atoms with Crippen molar-refractivity contribution in [1.82, 2.24) is 15.0 Å². The van der Waals surface area contributed by atoms with Crippen molar-refractivity contribution in [3.8, 4) is 5.69 Å². The van der Waals surface area contributed by atoms with Crippen LogP contribution in [0.4, 0.5) is 0 Å². The van der Waals surface area contributed by atoms with E-state index in [2.05, 4.69) is 40.0 Å². The van der Waals surface area contributed by atoms with E-state index < -0.39 is 0 Å². The zero-order chi connectivity index (χ0) is 12.7. The molecule has 0 radical (unpaired) electrons. The predicted molar refractivity (Wildman–Crippen MR) is 74.1 cm³/mol. The van der Waals surface area contributed by atoms with Crippen molar-refractivity contribution in [1.29, 1.82) is 0 Å². The Labute approximate surface area is 109 Å². The van der Waals surface area contributed by atoms with E-state index in [1.54, 1.807) is 11.3 Å². The van der Waals surface area contributed by atoms with Crippen LogP contribution in [0.5, 0.6) is 0 Å². The lowest BCUT2D eigenvalue weighted by atomic mass is 10.2. The Bertz CT molecular complexity index is 696. The van der Waals surface area contributed by atoms with E-state index in [1.165, 1.54) is 10.1 Å². The van der Waals surface area contributed by atoms with Gasteiger partial charge in [0.05, 0.1) is 11.4 Å². The molecule has 3 rings (SSSR count). The van der Waals surface area contributed by atoms with Gasteiger partial charge in [-0.05, 0) is 48.9 Å². The van der Waals surface area contributed by atoms with Crippen LogP contribution in [0.15, 0.2) is 29.6 Å². The smallest absolute Gasteiger partial charge is 0.102 e. The fraction of sp³-hybridized carbons (Fsp3) is 0.231. The van der Waals surface area contributed by atoms with E-state index in [0.717, 1.165) is 17.1 Å². The normalized spacial score (nSPS) is 13.1. The maximum Gasteiger partial charge on any atom is 0.102 e. The molecule has 18 heavy (non-hydrogen) atoms. The van der Waals surface area contributed by atoms with Crippen LogP contribution in [0, 0.1) is 6.92 Å². The van der Waals surface area contributed by atoms with Gasteiger partial charge in [-0.25, -0.2) is 4.68 Å². The van der Waals surface area contributed by atoms with Gasteiger partial charge in [0.1, 0.15) is 5.69 Å². The van der Waals surface area contributed by atoms with E-state index in [1.807, 2.05) is 18.5 Å². The van der Waals surface area contributed by atoms with Gasteiger partial charge >= 0.3 is 0 Å². The van der Waals surface area contributed by atoms with Crippen molar-refractivity contribution in [3.05, 3.63) is 41.0 Å². The van der Waals surface area contributed by atoms with Crippen molar-refractivity contribution in [3.63, 3.8) is 0 Å². The van der Waals surface area contributed by atoms with Crippen LogP contribution >= 0.6 is 11.3 Å². The molecule has 0 bridgehead atoms. The molecule has 92 valence electrons. The summed E-state index contributed by atoms with van der Waals surface area (Å²) in [7, 11) is 0. The highest BCUT2D eigenvalue weighted by Crippen LogP contribution is 2.24. The van der Waals surface area contributed by atoms with Gasteiger partial charge in [0, 0.05) is 10.7 Å². The molecule has 0 fully saturated rings. The Balaban J connectivity index is 2.13. The average Bonchev–Trinajstić information content (AvgIpc) is 2.93.